The lowest BCUT2D eigenvalue weighted by molar-refractivity contribution is -0.870. The Labute approximate surface area is 344 Å². The highest BCUT2D eigenvalue weighted by Crippen LogP contribution is 2.43. The zero-order valence-electron chi connectivity index (χ0n) is 36.9. The first-order chi connectivity index (χ1) is 27.0. The summed E-state index contributed by atoms with van der Waals surface area (Å²) in [7, 11) is 1.47. The van der Waals surface area contributed by atoms with Crippen LogP contribution in [0.4, 0.5) is 0 Å². The van der Waals surface area contributed by atoms with Gasteiger partial charge in [0.1, 0.15) is 19.8 Å². The predicted molar refractivity (Wildman–Crippen MR) is 234 cm³/mol. The number of allylic oxidation sites excluding steroid dienone is 6. The molecular formula is C46H87NO8P+. The van der Waals surface area contributed by atoms with Crippen LogP contribution in [0.3, 0.4) is 0 Å². The minimum Gasteiger partial charge on any atom is -0.462 e. The number of phosphoric ester groups is 1. The molecule has 10 heteroatoms. The van der Waals surface area contributed by atoms with E-state index in [9.17, 15) is 19.0 Å². The maximum Gasteiger partial charge on any atom is 0.472 e. The number of unbranched alkanes of at least 4 members (excludes halogenated alkanes) is 21. The van der Waals surface area contributed by atoms with Crippen LogP contribution in [0, 0.1) is 0 Å². The number of hydrogen-bond acceptors (Lipinski definition) is 7. The topological polar surface area (TPSA) is 108 Å². The van der Waals surface area contributed by atoms with Gasteiger partial charge >= 0.3 is 19.8 Å². The van der Waals surface area contributed by atoms with E-state index in [2.05, 4.69) is 50.3 Å². The van der Waals surface area contributed by atoms with Gasteiger partial charge < -0.3 is 18.9 Å². The summed E-state index contributed by atoms with van der Waals surface area (Å²) in [5, 5.41) is 0. The van der Waals surface area contributed by atoms with E-state index >= 15 is 0 Å². The van der Waals surface area contributed by atoms with Crippen molar-refractivity contribution in [1.82, 2.24) is 0 Å². The molecule has 0 aromatic carbocycles. The number of nitrogens with zero attached hydrogens (tertiary/aromatic N) is 1. The highest BCUT2D eigenvalue weighted by atomic mass is 31.2. The molecule has 2 atom stereocenters. The summed E-state index contributed by atoms with van der Waals surface area (Å²) in [4.78, 5) is 35.4. The van der Waals surface area contributed by atoms with Crippen molar-refractivity contribution in [2.45, 2.75) is 200 Å². The van der Waals surface area contributed by atoms with Crippen molar-refractivity contribution in [1.29, 1.82) is 0 Å². The molecule has 0 bridgehead atoms. The van der Waals surface area contributed by atoms with Crippen molar-refractivity contribution < 1.29 is 42.1 Å². The summed E-state index contributed by atoms with van der Waals surface area (Å²) in [5.74, 6) is -0.809. The fraction of sp³-hybridized carbons (Fsp3) is 0.826. The van der Waals surface area contributed by atoms with Gasteiger partial charge in [-0.3, -0.25) is 18.6 Å². The first kappa shape index (κ1) is 54.2. The highest BCUT2D eigenvalue weighted by Gasteiger charge is 2.27. The molecule has 9 nitrogen and oxygen atoms in total. The number of carbonyl (C=O) groups is 2. The Hall–Kier alpha value is -1.77. The summed E-state index contributed by atoms with van der Waals surface area (Å²) in [6.45, 7) is 4.39. The van der Waals surface area contributed by atoms with Gasteiger partial charge in [0.15, 0.2) is 6.10 Å². The predicted octanol–water partition coefficient (Wildman–Crippen LogP) is 12.9. The van der Waals surface area contributed by atoms with Crippen LogP contribution >= 0.6 is 7.82 Å². The third-order valence-electron chi connectivity index (χ3n) is 9.67. The van der Waals surface area contributed by atoms with Gasteiger partial charge in [-0.25, -0.2) is 4.57 Å². The van der Waals surface area contributed by atoms with Gasteiger partial charge in [-0.05, 0) is 51.4 Å². The second-order valence-corrected chi connectivity index (χ2v) is 17.9. The number of phosphoric acid groups is 1. The van der Waals surface area contributed by atoms with Gasteiger partial charge in [-0.2, -0.15) is 0 Å². The molecular weight excluding hydrogens is 725 g/mol. The number of hydrogen-bond donors (Lipinski definition) is 1. The molecule has 0 saturated carbocycles. The van der Waals surface area contributed by atoms with Crippen molar-refractivity contribution >= 4 is 19.8 Å². The number of likely N-dealkylation sites (N-methyl/N-ethyl adjacent to an activating group) is 1. The Bertz CT molecular complexity index is 1050. The van der Waals surface area contributed by atoms with Gasteiger partial charge in [0, 0.05) is 12.8 Å². The first-order valence-electron chi connectivity index (χ1n) is 22.7. The zero-order chi connectivity index (χ0) is 41.4. The van der Waals surface area contributed by atoms with Crippen LogP contribution < -0.4 is 0 Å². The van der Waals surface area contributed by atoms with E-state index in [0.717, 1.165) is 70.6 Å². The fourth-order valence-electron chi connectivity index (χ4n) is 6.08. The van der Waals surface area contributed by atoms with Crippen LogP contribution in [-0.2, 0) is 32.7 Å². The molecule has 0 aliphatic heterocycles. The molecule has 0 aromatic heterocycles. The molecule has 56 heavy (non-hydrogen) atoms. The number of esters is 2. The summed E-state index contributed by atoms with van der Waals surface area (Å²) in [6.07, 6.45) is 43.2. The molecule has 2 unspecified atom stereocenters. The fourth-order valence-corrected chi connectivity index (χ4v) is 6.82. The first-order valence-corrected chi connectivity index (χ1v) is 24.2. The summed E-state index contributed by atoms with van der Waals surface area (Å²) in [5.41, 5.74) is 0. The van der Waals surface area contributed by atoms with Crippen molar-refractivity contribution in [3.63, 3.8) is 0 Å². The highest BCUT2D eigenvalue weighted by molar-refractivity contribution is 7.47. The molecule has 0 saturated heterocycles. The Balaban J connectivity index is 4.35. The monoisotopic (exact) mass is 813 g/mol. The van der Waals surface area contributed by atoms with Gasteiger partial charge in [-0.15, -0.1) is 0 Å². The van der Waals surface area contributed by atoms with E-state index in [0.29, 0.717) is 17.4 Å². The lowest BCUT2D eigenvalue weighted by Gasteiger charge is -2.24. The average molecular weight is 813 g/mol. The Morgan fingerprint density at radius 2 is 0.964 bits per heavy atom. The quantitative estimate of drug-likeness (QED) is 0.0214. The Kier molecular flexibility index (Phi) is 37.5. The molecule has 0 aliphatic carbocycles. The Morgan fingerprint density at radius 1 is 0.554 bits per heavy atom. The van der Waals surface area contributed by atoms with Gasteiger partial charge in [0.25, 0.3) is 0 Å². The van der Waals surface area contributed by atoms with Crippen LogP contribution in [0.5, 0.6) is 0 Å². The standard InChI is InChI=1S/C46H86NO8P/c1-6-8-10-12-14-16-18-20-21-22-23-24-25-27-29-31-33-35-37-39-46(49)55-44(43-54-56(50,51)53-41-40-47(3,4)5)42-52-45(48)38-36-34-32-30-28-26-19-17-15-13-11-9-7-2/h14,16,20-21,23-24,44H,6-13,15,17-19,22,25-43H2,1-5H3/p+1/b16-14-,21-20-,24-23-. The molecule has 0 amide bonds. The van der Waals surface area contributed by atoms with E-state index in [4.69, 9.17) is 18.5 Å². The van der Waals surface area contributed by atoms with Crippen molar-refractivity contribution in [3.8, 4) is 0 Å². The van der Waals surface area contributed by atoms with Crippen LogP contribution in [0.25, 0.3) is 0 Å². The smallest absolute Gasteiger partial charge is 0.462 e. The minimum absolute atomic E-state index is 0.0295. The molecule has 0 aromatic rings. The summed E-state index contributed by atoms with van der Waals surface area (Å²) in [6, 6.07) is 0. The largest absolute Gasteiger partial charge is 0.472 e. The molecule has 0 aliphatic rings. The van der Waals surface area contributed by atoms with E-state index < -0.39 is 26.5 Å². The maximum absolute atomic E-state index is 12.7. The summed E-state index contributed by atoms with van der Waals surface area (Å²) >= 11 is 0. The Morgan fingerprint density at radius 3 is 1.46 bits per heavy atom. The van der Waals surface area contributed by atoms with E-state index in [1.54, 1.807) is 0 Å². The number of ether oxygens (including phenoxy) is 2. The molecule has 328 valence electrons. The minimum atomic E-state index is -4.38. The molecule has 0 radical (unpaired) electrons. The molecule has 0 spiro atoms. The van der Waals surface area contributed by atoms with Crippen molar-refractivity contribution in [3.05, 3.63) is 36.5 Å². The molecule has 0 fully saturated rings. The second-order valence-electron chi connectivity index (χ2n) is 16.4. The number of rotatable bonds is 41. The van der Waals surface area contributed by atoms with Crippen molar-refractivity contribution in [2.75, 3.05) is 47.5 Å². The molecule has 1 N–H and O–H groups in total. The van der Waals surface area contributed by atoms with Crippen molar-refractivity contribution in [2.24, 2.45) is 0 Å². The van der Waals surface area contributed by atoms with Crippen LogP contribution in [0.1, 0.15) is 194 Å². The zero-order valence-corrected chi connectivity index (χ0v) is 37.8. The van der Waals surface area contributed by atoms with Gasteiger partial charge in [-0.1, -0.05) is 166 Å². The summed E-state index contributed by atoms with van der Waals surface area (Å²) < 4.78 is 34.3. The van der Waals surface area contributed by atoms with Gasteiger partial charge in [0.2, 0.25) is 0 Å². The SMILES string of the molecule is CCCCC/C=C\C/C=C\C/C=C\CCCCCCCCC(=O)OC(COC(=O)CCCCCCCCCCCCCCC)COP(=O)(O)OCC[N+](C)(C)C. The number of quaternary nitrogens is 1. The van der Waals surface area contributed by atoms with Crippen LogP contribution in [0.2, 0.25) is 0 Å². The van der Waals surface area contributed by atoms with E-state index in [1.807, 2.05) is 21.1 Å². The number of carbonyl (C=O) groups excluding carboxylic acids is 2. The molecule has 0 heterocycles. The third kappa shape index (κ3) is 41.9. The third-order valence-corrected chi connectivity index (χ3v) is 10.7. The lowest BCUT2D eigenvalue weighted by Crippen LogP contribution is -2.37. The normalized spacial score (nSPS) is 13.9. The van der Waals surface area contributed by atoms with Crippen LogP contribution in [-0.4, -0.2) is 74.9 Å². The van der Waals surface area contributed by atoms with Crippen LogP contribution in [0.15, 0.2) is 36.5 Å². The molecule has 0 rings (SSSR count). The van der Waals surface area contributed by atoms with E-state index in [1.165, 1.54) is 89.9 Å². The van der Waals surface area contributed by atoms with Gasteiger partial charge in [0.05, 0.1) is 27.7 Å². The lowest BCUT2D eigenvalue weighted by atomic mass is 10.0. The van der Waals surface area contributed by atoms with E-state index in [-0.39, 0.29) is 32.0 Å². The maximum atomic E-state index is 12.7. The second kappa shape index (κ2) is 38.7. The average Bonchev–Trinajstić information content (AvgIpc) is 3.15.